The average Bonchev–Trinajstić information content (AvgIpc) is 1.30. The summed E-state index contributed by atoms with van der Waals surface area (Å²) < 4.78 is 0. The van der Waals surface area contributed by atoms with Gasteiger partial charge in [0.05, 0.1) is 5.91 Å². The van der Waals surface area contributed by atoms with Gasteiger partial charge in [-0.25, -0.2) is 0 Å². The minimum absolute atomic E-state index is 0.231. The van der Waals surface area contributed by atoms with Gasteiger partial charge in [0.2, 0.25) is 0 Å². The lowest BCUT2D eigenvalue weighted by molar-refractivity contribution is -0.115. The number of hydrogen-bond donors (Lipinski definition) is 1. The monoisotopic (exact) mass is 69.0 g/mol. The fourth-order valence-electron chi connectivity index (χ4n) is 0.102. The second kappa shape index (κ2) is 0.544. The van der Waals surface area contributed by atoms with Crippen molar-refractivity contribution in [2.45, 2.75) is 0 Å². The summed E-state index contributed by atoms with van der Waals surface area (Å²) >= 11 is 0. The highest BCUT2D eigenvalue weighted by atomic mass is 16.2. The largest absolute Gasteiger partial charge is 0.391 e. The number of hydrogen-bond acceptors (Lipinski definition) is 2. The Kier molecular flexibility index (Phi) is 0.259. The van der Waals surface area contributed by atoms with Gasteiger partial charge in [-0.2, -0.15) is 0 Å². The highest BCUT2D eigenvalue weighted by Gasteiger charge is 1.78. The third-order valence-electron chi connectivity index (χ3n) is 0.315. The van der Waals surface area contributed by atoms with Crippen LogP contribution in [-0.2, 0) is 4.79 Å². The Morgan fingerprint density at radius 1 is 2.00 bits per heavy atom. The van der Waals surface area contributed by atoms with Crippen LogP contribution in [0.4, 0.5) is 0 Å². The van der Waals surface area contributed by atoms with E-state index in [4.69, 9.17) is 0 Å². The Morgan fingerprint density at radius 3 is 2.40 bits per heavy atom. The summed E-state index contributed by atoms with van der Waals surface area (Å²) in [5.74, 6) is -0.231. The summed E-state index contributed by atoms with van der Waals surface area (Å²) in [6.45, 7) is 0. The van der Waals surface area contributed by atoms with Crippen molar-refractivity contribution in [1.82, 2.24) is 5.43 Å². The van der Waals surface area contributed by atoms with Crippen molar-refractivity contribution >= 4 is 12.1 Å². The van der Waals surface area contributed by atoms with Gasteiger partial charge in [0.15, 0.2) is 0 Å². The van der Waals surface area contributed by atoms with Crippen LogP contribution in [0.3, 0.4) is 0 Å². The van der Waals surface area contributed by atoms with Crippen molar-refractivity contribution < 1.29 is 4.79 Å². The molecule has 0 unspecified atom stereocenters. The van der Waals surface area contributed by atoms with Gasteiger partial charge < -0.3 is 15.3 Å². The molecule has 0 atom stereocenters. The van der Waals surface area contributed by atoms with Crippen LogP contribution in [0.15, 0.2) is 5.10 Å². The van der Waals surface area contributed by atoms with Gasteiger partial charge in [-0.05, 0) is 0 Å². The first kappa shape index (κ1) is 2.38. The molecule has 0 radical (unpaired) electrons. The summed E-state index contributed by atoms with van der Waals surface area (Å²) in [6.07, 6.45) is 2.08. The van der Waals surface area contributed by atoms with Crippen LogP contribution in [0.2, 0.25) is 0 Å². The molecule has 0 aliphatic carbocycles. The number of nitrogens with one attached hydrogen (secondary N) is 1. The predicted octanol–water partition coefficient (Wildman–Crippen LogP) is -1.02. The van der Waals surface area contributed by atoms with Crippen LogP contribution in [0.5, 0.6) is 0 Å². The Bertz CT molecular complexity index is 85.6. The van der Waals surface area contributed by atoms with Crippen molar-refractivity contribution in [1.29, 1.82) is 0 Å². The summed E-state index contributed by atoms with van der Waals surface area (Å²) in [5, 5.41) is 3.15. The Morgan fingerprint density at radius 2 is 2.40 bits per heavy atom. The maximum atomic E-state index is 9.58. The molecule has 1 aliphatic heterocycles. The first-order valence-corrected chi connectivity index (χ1v) is 1.15. The maximum Gasteiger partial charge on any atom is 0.0991 e. The lowest BCUT2D eigenvalue weighted by Gasteiger charge is -2.15. The highest BCUT2D eigenvalue weighted by Crippen LogP contribution is 1.68. The molecule has 3 nitrogen and oxygen atoms in total. The topological polar surface area (TPSA) is 41.5 Å². The van der Waals surface area contributed by atoms with Gasteiger partial charge in [-0.15, -0.1) is 0 Å². The second-order valence-corrected chi connectivity index (χ2v) is 0.665. The third-order valence-corrected chi connectivity index (χ3v) is 0.315. The number of rotatable bonds is 0. The average molecular weight is 69.0 g/mol. The van der Waals surface area contributed by atoms with E-state index in [2.05, 4.69) is 16.7 Å². The second-order valence-electron chi connectivity index (χ2n) is 0.665. The predicted molar refractivity (Wildman–Crippen MR) is 15.6 cm³/mol. The van der Waals surface area contributed by atoms with E-state index >= 15 is 0 Å². The lowest BCUT2D eigenvalue weighted by Crippen LogP contribution is -2.28. The molecule has 0 saturated carbocycles. The molecule has 5 heavy (non-hydrogen) atoms. The zero-order valence-electron chi connectivity index (χ0n) is 2.36. The van der Waals surface area contributed by atoms with Crippen molar-refractivity contribution in [2.24, 2.45) is 5.10 Å². The molecule has 0 aromatic heterocycles. The van der Waals surface area contributed by atoms with Gasteiger partial charge in [-0.1, -0.05) is 0 Å². The smallest absolute Gasteiger partial charge is 0.0991 e. The maximum absolute atomic E-state index is 9.58. The molecule has 1 rings (SSSR count). The Balaban J connectivity index is 2.71. The normalized spacial score (nSPS) is 17.2. The van der Waals surface area contributed by atoms with E-state index in [1.165, 1.54) is 0 Å². The van der Waals surface area contributed by atoms with E-state index in [-0.39, 0.29) is 5.91 Å². The van der Waals surface area contributed by atoms with Crippen LogP contribution < -0.4 is 5.43 Å². The fraction of sp³-hybridized carbons (Fsp3) is 0. The third kappa shape index (κ3) is 0.154. The van der Waals surface area contributed by atoms with Crippen molar-refractivity contribution in [3.63, 3.8) is 0 Å². The minimum atomic E-state index is -0.231. The molecule has 1 N–H and O–H groups in total. The SMILES string of the molecule is O=C1[C-]=NN1. The molecule has 0 aromatic carbocycles. The summed E-state index contributed by atoms with van der Waals surface area (Å²) in [6, 6.07) is 0. The van der Waals surface area contributed by atoms with E-state index in [9.17, 15) is 4.79 Å². The fourth-order valence-corrected chi connectivity index (χ4v) is 0.102. The van der Waals surface area contributed by atoms with Crippen LogP contribution >= 0.6 is 0 Å². The lowest BCUT2D eigenvalue weighted by atomic mass is 10.6. The molecule has 0 aromatic rings. The molecule has 0 bridgehead atoms. The molecule has 1 heterocycles. The quantitative estimate of drug-likeness (QED) is 0.363. The Labute approximate surface area is 28.7 Å². The Hall–Kier alpha value is -0.860. The van der Waals surface area contributed by atoms with E-state index in [0.717, 1.165) is 0 Å². The molecule has 0 saturated heterocycles. The highest BCUT2D eigenvalue weighted by molar-refractivity contribution is 6.30. The van der Waals surface area contributed by atoms with E-state index < -0.39 is 0 Å². The van der Waals surface area contributed by atoms with Crippen LogP contribution in [-0.4, -0.2) is 12.1 Å². The first-order chi connectivity index (χ1) is 2.39. The van der Waals surface area contributed by atoms with Gasteiger partial charge in [0.1, 0.15) is 0 Å². The van der Waals surface area contributed by atoms with Gasteiger partial charge >= 0.3 is 0 Å². The van der Waals surface area contributed by atoms with Gasteiger partial charge in [0.25, 0.3) is 0 Å². The van der Waals surface area contributed by atoms with Crippen molar-refractivity contribution in [3.05, 3.63) is 0 Å². The molecule has 26 valence electrons. The number of amides is 1. The summed E-state index contributed by atoms with van der Waals surface area (Å²) in [4.78, 5) is 9.58. The number of nitrogens with zero attached hydrogens (tertiary/aromatic N) is 1. The van der Waals surface area contributed by atoms with Crippen molar-refractivity contribution in [2.75, 3.05) is 0 Å². The molecule has 0 spiro atoms. The molecule has 0 fully saturated rings. The first-order valence-electron chi connectivity index (χ1n) is 1.15. The standard InChI is InChI=1S/C2HN2O/c5-2-1-3-4-2/h(H,4,5)/q-1. The van der Waals surface area contributed by atoms with Gasteiger partial charge in [-0.3, -0.25) is 6.21 Å². The molecule has 3 heteroatoms. The number of carbonyl (C=O) groups excluding carboxylic acids is 1. The van der Waals surface area contributed by atoms with Crippen LogP contribution in [0, 0.1) is 0 Å². The molecular weight excluding hydrogens is 68.0 g/mol. The molecule has 1 amide bonds. The van der Waals surface area contributed by atoms with Crippen LogP contribution in [0.1, 0.15) is 0 Å². The zero-order chi connectivity index (χ0) is 3.70. The minimum Gasteiger partial charge on any atom is -0.391 e. The van der Waals surface area contributed by atoms with E-state index in [1.807, 2.05) is 0 Å². The molecular formula is C2HN2O-. The van der Waals surface area contributed by atoms with E-state index in [0.29, 0.717) is 0 Å². The number of hydrazone groups is 1. The summed E-state index contributed by atoms with van der Waals surface area (Å²) in [7, 11) is 0. The van der Waals surface area contributed by atoms with Crippen LogP contribution in [0.25, 0.3) is 0 Å². The number of carbonyl (C=O) groups is 1. The molecule has 1 aliphatic rings. The van der Waals surface area contributed by atoms with Crippen molar-refractivity contribution in [3.8, 4) is 0 Å². The van der Waals surface area contributed by atoms with E-state index in [1.54, 1.807) is 0 Å². The van der Waals surface area contributed by atoms with Gasteiger partial charge in [0, 0.05) is 0 Å². The summed E-state index contributed by atoms with van der Waals surface area (Å²) in [5.41, 5.74) is 2.08. The zero-order valence-corrected chi connectivity index (χ0v) is 2.36.